The monoisotopic (exact) mass is 270 g/mol. The van der Waals surface area contributed by atoms with Gasteiger partial charge in [-0.05, 0) is 32.7 Å². The van der Waals surface area contributed by atoms with Crippen molar-refractivity contribution in [2.45, 2.75) is 59.5 Å². The van der Waals surface area contributed by atoms with Gasteiger partial charge in [0, 0.05) is 37.2 Å². The molecule has 0 aliphatic carbocycles. The molecule has 0 aromatic rings. The van der Waals surface area contributed by atoms with Crippen LogP contribution in [-0.2, 0) is 4.74 Å². The van der Waals surface area contributed by atoms with Crippen molar-refractivity contribution in [3.05, 3.63) is 0 Å². The molecule has 1 N–H and O–H groups in total. The Hall–Kier alpha value is -0.120. The summed E-state index contributed by atoms with van der Waals surface area (Å²) in [6.07, 6.45) is 2.48. The first kappa shape index (κ1) is 16.9. The molecule has 3 nitrogen and oxygen atoms in total. The average molecular weight is 270 g/mol. The predicted molar refractivity (Wildman–Crippen MR) is 82.6 cm³/mol. The second-order valence-electron chi connectivity index (χ2n) is 7.09. The lowest BCUT2D eigenvalue weighted by atomic mass is 9.81. The number of ether oxygens (including phenoxy) is 1. The lowest BCUT2D eigenvalue weighted by Crippen LogP contribution is -2.51. The van der Waals surface area contributed by atoms with Gasteiger partial charge in [-0.15, -0.1) is 0 Å². The first-order valence-electron chi connectivity index (χ1n) is 7.88. The molecule has 1 saturated heterocycles. The molecule has 1 aliphatic heterocycles. The number of hydrogen-bond donors (Lipinski definition) is 1. The highest BCUT2D eigenvalue weighted by molar-refractivity contribution is 4.88. The van der Waals surface area contributed by atoms with E-state index in [1.807, 2.05) is 0 Å². The van der Waals surface area contributed by atoms with Gasteiger partial charge in [0.15, 0.2) is 0 Å². The van der Waals surface area contributed by atoms with Gasteiger partial charge in [0.05, 0.1) is 6.61 Å². The minimum atomic E-state index is 0.292. The van der Waals surface area contributed by atoms with Crippen LogP contribution in [0.2, 0.25) is 0 Å². The summed E-state index contributed by atoms with van der Waals surface area (Å²) in [5.41, 5.74) is 0.292. The van der Waals surface area contributed by atoms with E-state index < -0.39 is 0 Å². The predicted octanol–water partition coefficient (Wildman–Crippen LogP) is 2.76. The van der Waals surface area contributed by atoms with Gasteiger partial charge in [0.25, 0.3) is 0 Å². The van der Waals surface area contributed by atoms with Crippen molar-refractivity contribution in [3.63, 3.8) is 0 Å². The van der Waals surface area contributed by atoms with E-state index in [4.69, 9.17) is 4.74 Å². The molecule has 2 atom stereocenters. The third kappa shape index (κ3) is 5.41. The molecule has 0 aromatic carbocycles. The van der Waals surface area contributed by atoms with Crippen LogP contribution in [-0.4, -0.2) is 50.3 Å². The van der Waals surface area contributed by atoms with Gasteiger partial charge in [0.2, 0.25) is 0 Å². The summed E-state index contributed by atoms with van der Waals surface area (Å²) >= 11 is 0. The molecule has 0 bridgehead atoms. The van der Waals surface area contributed by atoms with Gasteiger partial charge in [-0.2, -0.15) is 0 Å². The van der Waals surface area contributed by atoms with Crippen LogP contribution in [0.15, 0.2) is 0 Å². The first-order chi connectivity index (χ1) is 8.86. The Labute approximate surface area is 120 Å². The fourth-order valence-corrected chi connectivity index (χ4v) is 2.83. The van der Waals surface area contributed by atoms with E-state index in [9.17, 15) is 0 Å². The van der Waals surface area contributed by atoms with Crippen LogP contribution in [0.4, 0.5) is 0 Å². The second kappa shape index (κ2) is 7.61. The Kier molecular flexibility index (Phi) is 6.78. The van der Waals surface area contributed by atoms with Crippen molar-refractivity contribution in [3.8, 4) is 0 Å². The van der Waals surface area contributed by atoms with E-state index in [-0.39, 0.29) is 0 Å². The molecular formula is C16H34N2O. The summed E-state index contributed by atoms with van der Waals surface area (Å²) in [7, 11) is 2.26. The summed E-state index contributed by atoms with van der Waals surface area (Å²) in [5, 5.41) is 3.62. The fourth-order valence-electron chi connectivity index (χ4n) is 2.83. The molecule has 19 heavy (non-hydrogen) atoms. The number of rotatable bonds is 7. The number of nitrogens with one attached hydrogen (secondary N) is 1. The second-order valence-corrected chi connectivity index (χ2v) is 7.09. The largest absolute Gasteiger partial charge is 0.381 e. The zero-order valence-corrected chi connectivity index (χ0v) is 13.8. The molecular weight excluding hydrogens is 236 g/mol. The summed E-state index contributed by atoms with van der Waals surface area (Å²) in [5.74, 6) is 0.699. The maximum Gasteiger partial charge on any atom is 0.0546 e. The Balaban J connectivity index is 2.62. The van der Waals surface area contributed by atoms with E-state index in [1.165, 1.54) is 12.8 Å². The SMILES string of the molecule is CC(C)NCC1(CN(C)C(C)C(C)C)CCCOC1. The lowest BCUT2D eigenvalue weighted by molar-refractivity contribution is -0.0306. The minimum absolute atomic E-state index is 0.292. The zero-order valence-electron chi connectivity index (χ0n) is 13.8. The highest BCUT2D eigenvalue weighted by Crippen LogP contribution is 2.30. The van der Waals surface area contributed by atoms with E-state index >= 15 is 0 Å². The van der Waals surface area contributed by atoms with Crippen molar-refractivity contribution in [1.82, 2.24) is 10.2 Å². The van der Waals surface area contributed by atoms with Gasteiger partial charge in [-0.3, -0.25) is 0 Å². The van der Waals surface area contributed by atoms with E-state index in [0.717, 1.165) is 26.3 Å². The molecule has 1 rings (SSSR count). The Bertz CT molecular complexity index is 247. The third-order valence-corrected chi connectivity index (χ3v) is 4.53. The number of nitrogens with zero attached hydrogens (tertiary/aromatic N) is 1. The standard InChI is InChI=1S/C16H34N2O/c1-13(2)15(5)18(6)11-16(10-17-14(3)4)8-7-9-19-12-16/h13-15,17H,7-12H2,1-6H3. The molecule has 114 valence electrons. The van der Waals surface area contributed by atoms with Crippen molar-refractivity contribution in [2.24, 2.45) is 11.3 Å². The van der Waals surface area contributed by atoms with Crippen LogP contribution >= 0.6 is 0 Å². The van der Waals surface area contributed by atoms with Crippen molar-refractivity contribution < 1.29 is 4.74 Å². The summed E-state index contributed by atoms with van der Waals surface area (Å²) < 4.78 is 5.79. The van der Waals surface area contributed by atoms with Gasteiger partial charge >= 0.3 is 0 Å². The minimum Gasteiger partial charge on any atom is -0.381 e. The lowest BCUT2D eigenvalue weighted by Gasteiger charge is -2.42. The maximum absolute atomic E-state index is 5.79. The van der Waals surface area contributed by atoms with Crippen LogP contribution in [0, 0.1) is 11.3 Å². The molecule has 1 aliphatic rings. The Morgan fingerprint density at radius 2 is 1.89 bits per heavy atom. The normalized spacial score (nSPS) is 26.4. The van der Waals surface area contributed by atoms with E-state index in [2.05, 4.69) is 51.9 Å². The maximum atomic E-state index is 5.79. The molecule has 1 fully saturated rings. The smallest absolute Gasteiger partial charge is 0.0546 e. The molecule has 0 amide bonds. The summed E-state index contributed by atoms with van der Waals surface area (Å²) in [4.78, 5) is 2.52. The third-order valence-electron chi connectivity index (χ3n) is 4.53. The van der Waals surface area contributed by atoms with Crippen LogP contribution in [0.3, 0.4) is 0 Å². The van der Waals surface area contributed by atoms with Crippen molar-refractivity contribution in [1.29, 1.82) is 0 Å². The molecule has 0 radical (unpaired) electrons. The van der Waals surface area contributed by atoms with Gasteiger partial charge in [-0.25, -0.2) is 0 Å². The zero-order chi connectivity index (χ0) is 14.5. The van der Waals surface area contributed by atoms with Crippen LogP contribution in [0.5, 0.6) is 0 Å². The summed E-state index contributed by atoms with van der Waals surface area (Å²) in [6, 6.07) is 1.17. The number of hydrogen-bond acceptors (Lipinski definition) is 3. The van der Waals surface area contributed by atoms with Crippen LogP contribution in [0.25, 0.3) is 0 Å². The van der Waals surface area contributed by atoms with Gasteiger partial charge in [0.1, 0.15) is 0 Å². The fraction of sp³-hybridized carbons (Fsp3) is 1.00. The molecule has 0 saturated carbocycles. The van der Waals surface area contributed by atoms with Crippen molar-refractivity contribution >= 4 is 0 Å². The van der Waals surface area contributed by atoms with Gasteiger partial charge < -0.3 is 15.0 Å². The van der Waals surface area contributed by atoms with Crippen LogP contribution < -0.4 is 5.32 Å². The highest BCUT2D eigenvalue weighted by atomic mass is 16.5. The topological polar surface area (TPSA) is 24.5 Å². The van der Waals surface area contributed by atoms with Crippen molar-refractivity contribution in [2.75, 3.05) is 33.4 Å². The Morgan fingerprint density at radius 3 is 2.37 bits per heavy atom. The molecule has 0 aromatic heterocycles. The van der Waals surface area contributed by atoms with E-state index in [1.54, 1.807) is 0 Å². The van der Waals surface area contributed by atoms with Crippen LogP contribution in [0.1, 0.15) is 47.5 Å². The molecule has 2 unspecified atom stereocenters. The molecule has 1 heterocycles. The summed E-state index contributed by atoms with van der Waals surface area (Å²) in [6.45, 7) is 15.4. The van der Waals surface area contributed by atoms with E-state index in [0.29, 0.717) is 23.4 Å². The quantitative estimate of drug-likeness (QED) is 0.770. The van der Waals surface area contributed by atoms with Gasteiger partial charge in [-0.1, -0.05) is 27.7 Å². The average Bonchev–Trinajstić information content (AvgIpc) is 2.36. The molecule has 0 spiro atoms. The first-order valence-corrected chi connectivity index (χ1v) is 7.88. The highest BCUT2D eigenvalue weighted by Gasteiger charge is 2.35. The Morgan fingerprint density at radius 1 is 1.21 bits per heavy atom. The molecule has 3 heteroatoms.